The van der Waals surface area contributed by atoms with Crippen molar-refractivity contribution in [1.29, 1.82) is 0 Å². The van der Waals surface area contributed by atoms with Gasteiger partial charge < -0.3 is 20.2 Å². The van der Waals surface area contributed by atoms with E-state index >= 15 is 0 Å². The van der Waals surface area contributed by atoms with Crippen LogP contribution in [0, 0.1) is 0 Å². The summed E-state index contributed by atoms with van der Waals surface area (Å²) >= 11 is 0. The first kappa shape index (κ1) is 16.3. The molecule has 0 atom stereocenters. The zero-order valence-corrected chi connectivity index (χ0v) is 11.6. The molecule has 0 bridgehead atoms. The predicted octanol–water partition coefficient (Wildman–Crippen LogP) is -0.0648. The average molecular weight is 283 g/mol. The van der Waals surface area contributed by atoms with Crippen molar-refractivity contribution in [2.75, 3.05) is 38.9 Å². The number of aromatic nitrogens is 2. The van der Waals surface area contributed by atoms with E-state index in [-0.39, 0.29) is 11.6 Å². The fourth-order valence-corrected chi connectivity index (χ4v) is 1.39. The van der Waals surface area contributed by atoms with Crippen LogP contribution in [-0.2, 0) is 9.47 Å². The van der Waals surface area contributed by atoms with Gasteiger partial charge in [0, 0.05) is 20.3 Å². The molecule has 0 radical (unpaired) electrons. The number of anilines is 1. The first-order chi connectivity index (χ1) is 9.77. The molecule has 20 heavy (non-hydrogen) atoms. The molecule has 1 heterocycles. The minimum atomic E-state index is -0.249. The summed E-state index contributed by atoms with van der Waals surface area (Å²) in [6.45, 7) is 2.43. The van der Waals surface area contributed by atoms with E-state index in [0.717, 1.165) is 12.8 Å². The van der Waals surface area contributed by atoms with Gasteiger partial charge in [0.1, 0.15) is 5.69 Å². The van der Waals surface area contributed by atoms with Crippen molar-refractivity contribution >= 4 is 11.7 Å². The van der Waals surface area contributed by atoms with E-state index in [9.17, 15) is 4.79 Å². The van der Waals surface area contributed by atoms with Crippen LogP contribution in [0.5, 0.6) is 0 Å². The van der Waals surface area contributed by atoms with Crippen LogP contribution in [0.4, 0.5) is 5.82 Å². The molecular formula is C12H21N5O3. The highest BCUT2D eigenvalue weighted by Gasteiger charge is 2.06. The Bertz CT molecular complexity index is 385. The van der Waals surface area contributed by atoms with E-state index < -0.39 is 0 Å². The lowest BCUT2D eigenvalue weighted by Crippen LogP contribution is -2.26. The van der Waals surface area contributed by atoms with Crippen LogP contribution in [0.25, 0.3) is 0 Å². The Morgan fingerprint density at radius 1 is 1.25 bits per heavy atom. The number of nitrogen functional groups attached to an aromatic ring is 1. The van der Waals surface area contributed by atoms with Gasteiger partial charge in [-0.1, -0.05) is 0 Å². The number of nitrogens with two attached hydrogens (primary N) is 1. The number of hydrazine groups is 1. The van der Waals surface area contributed by atoms with Crippen LogP contribution in [0.15, 0.2) is 12.4 Å². The Balaban J connectivity index is 2.10. The molecule has 0 unspecified atom stereocenters. The number of nitrogens with zero attached hydrogens (tertiary/aromatic N) is 2. The molecule has 1 rings (SSSR count). The summed E-state index contributed by atoms with van der Waals surface area (Å²) in [5.74, 6) is 5.32. The Hall–Kier alpha value is -1.77. The van der Waals surface area contributed by atoms with E-state index in [2.05, 4.69) is 20.7 Å². The van der Waals surface area contributed by atoms with E-state index in [1.165, 1.54) is 12.4 Å². The van der Waals surface area contributed by atoms with Gasteiger partial charge in [-0.2, -0.15) is 0 Å². The number of amides is 1. The molecule has 4 N–H and O–H groups in total. The zero-order chi connectivity index (χ0) is 14.6. The van der Waals surface area contributed by atoms with Crippen LogP contribution in [0.1, 0.15) is 23.3 Å². The molecule has 0 aliphatic rings. The minimum absolute atomic E-state index is 0.249. The number of unbranched alkanes of at least 4 members (excludes halogenated alkanes) is 1. The maximum absolute atomic E-state index is 11.7. The molecule has 8 heteroatoms. The van der Waals surface area contributed by atoms with Crippen LogP contribution in [0.3, 0.4) is 0 Å². The first-order valence-electron chi connectivity index (χ1n) is 6.41. The highest BCUT2D eigenvalue weighted by Crippen LogP contribution is 1.99. The number of methoxy groups -OCH3 is 1. The van der Waals surface area contributed by atoms with Crippen molar-refractivity contribution in [2.45, 2.75) is 12.8 Å². The number of nitrogens with one attached hydrogen (secondary N) is 2. The topological polar surface area (TPSA) is 111 Å². The number of rotatable bonds is 10. The molecule has 0 aromatic carbocycles. The smallest absolute Gasteiger partial charge is 0.271 e. The summed E-state index contributed by atoms with van der Waals surface area (Å²) in [5.41, 5.74) is 2.61. The molecule has 0 saturated heterocycles. The minimum Gasteiger partial charge on any atom is -0.382 e. The lowest BCUT2D eigenvalue weighted by atomic mass is 10.3. The second-order valence-corrected chi connectivity index (χ2v) is 4.00. The summed E-state index contributed by atoms with van der Waals surface area (Å²) < 4.78 is 10.2. The standard InChI is InChI=1S/C12H21N5O3/c1-19-6-7-20-5-3-2-4-14-12(18)10-8-16-11(17-13)9-15-10/h8-9H,2-7,13H2,1H3,(H,14,18)(H,16,17). The number of carbonyl (C=O) groups excluding carboxylic acids is 1. The third-order valence-electron chi connectivity index (χ3n) is 2.47. The Labute approximate surface area is 118 Å². The van der Waals surface area contributed by atoms with Crippen LogP contribution >= 0.6 is 0 Å². The normalized spacial score (nSPS) is 10.3. The van der Waals surface area contributed by atoms with Crippen LogP contribution in [0.2, 0.25) is 0 Å². The molecule has 8 nitrogen and oxygen atoms in total. The number of hydrogen-bond acceptors (Lipinski definition) is 7. The van der Waals surface area contributed by atoms with Crippen molar-refractivity contribution in [3.63, 3.8) is 0 Å². The second-order valence-electron chi connectivity index (χ2n) is 4.00. The Kier molecular flexibility index (Phi) is 8.20. The zero-order valence-electron chi connectivity index (χ0n) is 11.6. The first-order valence-corrected chi connectivity index (χ1v) is 6.41. The lowest BCUT2D eigenvalue weighted by Gasteiger charge is -2.06. The van der Waals surface area contributed by atoms with E-state index in [4.69, 9.17) is 15.3 Å². The van der Waals surface area contributed by atoms with Gasteiger partial charge in [-0.3, -0.25) is 4.79 Å². The molecule has 0 aliphatic carbocycles. The highest BCUT2D eigenvalue weighted by molar-refractivity contribution is 5.91. The molecule has 0 saturated carbocycles. The van der Waals surface area contributed by atoms with E-state index in [1.54, 1.807) is 7.11 Å². The van der Waals surface area contributed by atoms with Crippen LogP contribution in [-0.4, -0.2) is 49.4 Å². The van der Waals surface area contributed by atoms with Crippen molar-refractivity contribution in [3.05, 3.63) is 18.1 Å². The fraction of sp³-hybridized carbons (Fsp3) is 0.583. The molecule has 1 amide bonds. The number of carbonyl (C=O) groups is 1. The maximum Gasteiger partial charge on any atom is 0.271 e. The third kappa shape index (κ3) is 6.41. The Morgan fingerprint density at radius 3 is 2.75 bits per heavy atom. The van der Waals surface area contributed by atoms with Gasteiger partial charge in [-0.25, -0.2) is 15.8 Å². The summed E-state index contributed by atoms with van der Waals surface area (Å²) in [6.07, 6.45) is 4.50. The second kappa shape index (κ2) is 10.1. The number of hydrogen-bond donors (Lipinski definition) is 3. The van der Waals surface area contributed by atoms with Gasteiger partial charge in [-0.15, -0.1) is 0 Å². The Morgan fingerprint density at radius 2 is 2.10 bits per heavy atom. The van der Waals surface area contributed by atoms with Gasteiger partial charge in [0.2, 0.25) is 0 Å². The number of ether oxygens (including phenoxy) is 2. The lowest BCUT2D eigenvalue weighted by molar-refractivity contribution is 0.0686. The quantitative estimate of drug-likeness (QED) is 0.313. The molecular weight excluding hydrogens is 262 g/mol. The summed E-state index contributed by atoms with van der Waals surface area (Å²) in [6, 6.07) is 0. The van der Waals surface area contributed by atoms with Gasteiger partial charge in [0.25, 0.3) is 5.91 Å². The molecule has 0 aliphatic heterocycles. The largest absolute Gasteiger partial charge is 0.382 e. The molecule has 1 aromatic heterocycles. The van der Waals surface area contributed by atoms with E-state index in [0.29, 0.717) is 32.2 Å². The van der Waals surface area contributed by atoms with Gasteiger partial charge in [-0.05, 0) is 12.8 Å². The van der Waals surface area contributed by atoms with E-state index in [1.807, 2.05) is 0 Å². The SMILES string of the molecule is COCCOCCCCNC(=O)c1cnc(NN)cn1. The van der Waals surface area contributed by atoms with Crippen LogP contribution < -0.4 is 16.6 Å². The molecule has 1 aromatic rings. The molecule has 0 fully saturated rings. The fourth-order valence-electron chi connectivity index (χ4n) is 1.39. The average Bonchev–Trinajstić information content (AvgIpc) is 2.50. The maximum atomic E-state index is 11.7. The van der Waals surface area contributed by atoms with Crippen molar-refractivity contribution < 1.29 is 14.3 Å². The van der Waals surface area contributed by atoms with Crippen molar-refractivity contribution in [2.24, 2.45) is 5.84 Å². The highest BCUT2D eigenvalue weighted by atomic mass is 16.5. The summed E-state index contributed by atoms with van der Waals surface area (Å²) in [5, 5.41) is 2.77. The van der Waals surface area contributed by atoms with Gasteiger partial charge in [0.05, 0.1) is 25.6 Å². The summed E-state index contributed by atoms with van der Waals surface area (Å²) in [4.78, 5) is 19.6. The monoisotopic (exact) mass is 283 g/mol. The van der Waals surface area contributed by atoms with Gasteiger partial charge in [0.15, 0.2) is 5.82 Å². The van der Waals surface area contributed by atoms with Gasteiger partial charge >= 0.3 is 0 Å². The third-order valence-corrected chi connectivity index (χ3v) is 2.47. The molecule has 0 spiro atoms. The predicted molar refractivity (Wildman–Crippen MR) is 74.1 cm³/mol. The van der Waals surface area contributed by atoms with Crippen molar-refractivity contribution in [3.8, 4) is 0 Å². The van der Waals surface area contributed by atoms with Crippen molar-refractivity contribution in [1.82, 2.24) is 15.3 Å². The molecule has 112 valence electrons. The summed E-state index contributed by atoms with van der Waals surface area (Å²) in [7, 11) is 1.64.